The molecule has 0 aromatic heterocycles. The molecule has 0 heterocycles. The van der Waals surface area contributed by atoms with Crippen molar-refractivity contribution in [2.75, 3.05) is 6.54 Å². The van der Waals surface area contributed by atoms with Gasteiger partial charge in [0.25, 0.3) is 0 Å². The minimum Gasteiger partial charge on any atom is -0.459 e. The Morgan fingerprint density at radius 3 is 1.57 bits per heavy atom. The van der Waals surface area contributed by atoms with Crippen molar-refractivity contribution < 1.29 is 31.5 Å². The maximum Gasteiger partial charge on any atom is 0.320 e. The zero-order chi connectivity index (χ0) is 17.0. The van der Waals surface area contributed by atoms with E-state index in [1.807, 2.05) is 0 Å². The highest BCUT2D eigenvalue weighted by Crippen LogP contribution is 2.24. The minimum absolute atomic E-state index is 0.0444. The minimum atomic E-state index is -2.18. The second-order valence-corrected chi connectivity index (χ2v) is 5.16. The molecule has 0 saturated carbocycles. The summed E-state index contributed by atoms with van der Waals surface area (Å²) in [4.78, 5) is 9.31. The molecular weight excluding hydrogens is 317 g/mol. The van der Waals surface area contributed by atoms with Gasteiger partial charge in [0, 0.05) is 0 Å². The van der Waals surface area contributed by atoms with Gasteiger partial charge in [-0.1, -0.05) is 0 Å². The highest BCUT2D eigenvalue weighted by molar-refractivity contribution is 7.80. The van der Waals surface area contributed by atoms with Crippen LogP contribution in [0.4, 0.5) is 22.0 Å². The van der Waals surface area contributed by atoms with Crippen LogP contribution in [0.1, 0.15) is 20.8 Å². The molecule has 2 N–H and O–H groups in total. The van der Waals surface area contributed by atoms with Gasteiger partial charge in [0.05, 0.1) is 11.4 Å². The monoisotopic (exact) mass is 331 g/mol. The van der Waals surface area contributed by atoms with Crippen molar-refractivity contribution in [2.24, 2.45) is 5.73 Å². The van der Waals surface area contributed by atoms with Gasteiger partial charge in [-0.05, 0) is 20.8 Å². The Morgan fingerprint density at radius 2 is 1.33 bits per heavy atom. The van der Waals surface area contributed by atoms with Crippen molar-refractivity contribution in [3.8, 4) is 0 Å². The van der Waals surface area contributed by atoms with Crippen LogP contribution in [0, 0.1) is 29.1 Å². The van der Waals surface area contributed by atoms with E-state index in [1.165, 1.54) is 0 Å². The number of hydrogen-bond acceptors (Lipinski definition) is 4. The summed E-state index contributed by atoms with van der Waals surface area (Å²) in [6.45, 7) is 5.37. The molecule has 120 valence electrons. The normalized spacial score (nSPS) is 10.8. The first-order valence-electron chi connectivity index (χ1n) is 5.54. The van der Waals surface area contributed by atoms with E-state index in [1.54, 1.807) is 20.8 Å². The summed E-state index contributed by atoms with van der Waals surface area (Å²) in [6, 6.07) is 0. The van der Waals surface area contributed by atoms with E-state index in [0.29, 0.717) is 0 Å². The molecule has 0 fully saturated rings. The first-order chi connectivity index (χ1) is 9.42. The van der Waals surface area contributed by atoms with Gasteiger partial charge in [0.15, 0.2) is 23.3 Å². The standard InChI is InChI=1S/C6HF5S.C6H13NO2/c7-1-2(8)4(10)6(12)5(11)3(1)9;1-6(2,3)9-5(8)4-7/h12H;4,7H2,1-3H3. The summed E-state index contributed by atoms with van der Waals surface area (Å²) in [7, 11) is 0. The molecule has 3 nitrogen and oxygen atoms in total. The molecule has 0 radical (unpaired) electrons. The molecule has 0 aliphatic rings. The lowest BCUT2D eigenvalue weighted by molar-refractivity contribution is -0.152. The number of rotatable bonds is 1. The topological polar surface area (TPSA) is 52.3 Å². The lowest BCUT2D eigenvalue weighted by Crippen LogP contribution is -2.28. The second-order valence-electron chi connectivity index (χ2n) is 4.71. The average molecular weight is 331 g/mol. The highest BCUT2D eigenvalue weighted by atomic mass is 32.1. The summed E-state index contributed by atoms with van der Waals surface area (Å²) in [5.41, 5.74) is 4.60. The van der Waals surface area contributed by atoms with Gasteiger partial charge in [-0.15, -0.1) is 12.6 Å². The summed E-state index contributed by atoms with van der Waals surface area (Å²) < 4.78 is 66.1. The summed E-state index contributed by atoms with van der Waals surface area (Å²) in [5.74, 6) is -10.4. The molecule has 9 heteroatoms. The highest BCUT2D eigenvalue weighted by Gasteiger charge is 2.23. The third-order valence-corrected chi connectivity index (χ3v) is 2.17. The SMILES string of the molecule is CC(C)(C)OC(=O)CN.Fc1c(F)c(F)c(S)c(F)c1F. The number of carbonyl (C=O) groups is 1. The third kappa shape index (κ3) is 5.88. The molecule has 1 aromatic rings. The predicted molar refractivity (Wildman–Crippen MR) is 68.4 cm³/mol. The number of nitrogens with two attached hydrogens (primary N) is 1. The molecule has 0 aliphatic heterocycles. The molecule has 0 spiro atoms. The van der Waals surface area contributed by atoms with Crippen LogP contribution in [0.5, 0.6) is 0 Å². The molecule has 1 aromatic carbocycles. The van der Waals surface area contributed by atoms with Crippen LogP contribution >= 0.6 is 12.6 Å². The fourth-order valence-electron chi connectivity index (χ4n) is 0.976. The van der Waals surface area contributed by atoms with Crippen molar-refractivity contribution in [3.63, 3.8) is 0 Å². The predicted octanol–water partition coefficient (Wildman–Crippen LogP) is 2.96. The zero-order valence-corrected chi connectivity index (χ0v) is 12.3. The van der Waals surface area contributed by atoms with Gasteiger partial charge >= 0.3 is 5.97 Å². The first-order valence-corrected chi connectivity index (χ1v) is 5.99. The van der Waals surface area contributed by atoms with Crippen LogP contribution in [0.3, 0.4) is 0 Å². The van der Waals surface area contributed by atoms with Crippen molar-refractivity contribution in [1.29, 1.82) is 0 Å². The Morgan fingerprint density at radius 1 is 1.00 bits per heavy atom. The van der Waals surface area contributed by atoms with Crippen LogP contribution in [-0.4, -0.2) is 18.1 Å². The van der Waals surface area contributed by atoms with Gasteiger partial charge in [-0.3, -0.25) is 4.79 Å². The fraction of sp³-hybridized carbons (Fsp3) is 0.417. The number of hydrogen-bond donors (Lipinski definition) is 2. The van der Waals surface area contributed by atoms with Gasteiger partial charge < -0.3 is 10.5 Å². The Kier molecular flexibility index (Phi) is 7.11. The number of esters is 1. The quantitative estimate of drug-likeness (QED) is 0.273. The Balaban J connectivity index is 0.000000400. The molecule has 0 bridgehead atoms. The van der Waals surface area contributed by atoms with E-state index in [4.69, 9.17) is 10.5 Å². The zero-order valence-electron chi connectivity index (χ0n) is 11.4. The lowest BCUT2D eigenvalue weighted by Gasteiger charge is -2.18. The van der Waals surface area contributed by atoms with Gasteiger partial charge in [-0.2, -0.15) is 0 Å². The largest absolute Gasteiger partial charge is 0.459 e. The van der Waals surface area contributed by atoms with E-state index in [9.17, 15) is 26.7 Å². The molecule has 21 heavy (non-hydrogen) atoms. The Bertz CT molecular complexity index is 426. The number of halogens is 5. The average Bonchev–Trinajstić information content (AvgIpc) is 2.39. The second kappa shape index (κ2) is 7.60. The summed E-state index contributed by atoms with van der Waals surface area (Å²) in [5, 5.41) is 0. The van der Waals surface area contributed by atoms with Crippen LogP contribution < -0.4 is 5.73 Å². The molecule has 0 amide bonds. The van der Waals surface area contributed by atoms with Crippen molar-refractivity contribution >= 4 is 18.6 Å². The van der Waals surface area contributed by atoms with E-state index in [-0.39, 0.29) is 12.5 Å². The molecule has 1 rings (SSSR count). The van der Waals surface area contributed by atoms with E-state index >= 15 is 0 Å². The maximum absolute atomic E-state index is 12.3. The first kappa shape index (κ1) is 19.7. The maximum atomic E-state index is 12.3. The van der Waals surface area contributed by atoms with Crippen molar-refractivity contribution in [2.45, 2.75) is 31.3 Å². The Labute approximate surface area is 123 Å². The van der Waals surface area contributed by atoms with Gasteiger partial charge in [0.2, 0.25) is 5.82 Å². The molecule has 0 saturated heterocycles. The summed E-state index contributed by atoms with van der Waals surface area (Å²) in [6.07, 6.45) is 0. The van der Waals surface area contributed by atoms with Crippen LogP contribution in [0.2, 0.25) is 0 Å². The third-order valence-electron chi connectivity index (χ3n) is 1.77. The van der Waals surface area contributed by atoms with E-state index in [2.05, 4.69) is 12.6 Å². The molecule has 0 aliphatic carbocycles. The lowest BCUT2D eigenvalue weighted by atomic mass is 10.2. The van der Waals surface area contributed by atoms with Crippen LogP contribution in [0.25, 0.3) is 0 Å². The van der Waals surface area contributed by atoms with Crippen molar-refractivity contribution in [3.05, 3.63) is 29.1 Å². The number of thiol groups is 1. The van der Waals surface area contributed by atoms with E-state index in [0.717, 1.165) is 0 Å². The van der Waals surface area contributed by atoms with Gasteiger partial charge in [0.1, 0.15) is 5.60 Å². The summed E-state index contributed by atoms with van der Waals surface area (Å²) >= 11 is 3.10. The van der Waals surface area contributed by atoms with E-state index < -0.39 is 39.6 Å². The number of ether oxygens (including phenoxy) is 1. The Hall–Kier alpha value is -1.35. The van der Waals surface area contributed by atoms with Gasteiger partial charge in [-0.25, -0.2) is 22.0 Å². The molecule has 0 atom stereocenters. The smallest absolute Gasteiger partial charge is 0.320 e. The fourth-order valence-corrected chi connectivity index (χ4v) is 1.17. The molecular formula is C12H14F5NO2S. The van der Waals surface area contributed by atoms with Crippen LogP contribution in [0.15, 0.2) is 4.90 Å². The number of carbonyl (C=O) groups excluding carboxylic acids is 1. The van der Waals surface area contributed by atoms with Crippen LogP contribution in [-0.2, 0) is 9.53 Å². The number of benzene rings is 1. The van der Waals surface area contributed by atoms with Crippen molar-refractivity contribution in [1.82, 2.24) is 0 Å². The molecule has 0 unspecified atom stereocenters.